The van der Waals surface area contributed by atoms with Gasteiger partial charge in [0.05, 0.1) is 18.5 Å². The number of rotatable bonds is 6. The second kappa shape index (κ2) is 10.7. The maximum atomic E-state index is 13.0. The lowest BCUT2D eigenvalue weighted by Gasteiger charge is -2.24. The predicted molar refractivity (Wildman–Crippen MR) is 133 cm³/mol. The number of likely N-dealkylation sites (tertiary alicyclic amines) is 1. The van der Waals surface area contributed by atoms with Crippen molar-refractivity contribution in [3.05, 3.63) is 90.5 Å². The smallest absolute Gasteiger partial charge is 0.254 e. The van der Waals surface area contributed by atoms with Crippen molar-refractivity contribution in [1.29, 1.82) is 5.26 Å². The molecule has 1 N–H and O–H groups in total. The fourth-order valence-corrected chi connectivity index (χ4v) is 4.24. The summed E-state index contributed by atoms with van der Waals surface area (Å²) in [6, 6.07) is 27.5. The van der Waals surface area contributed by atoms with Crippen LogP contribution in [0.4, 0.5) is 5.69 Å². The minimum atomic E-state index is -0.709. The molecule has 0 radical (unpaired) electrons. The van der Waals surface area contributed by atoms with Gasteiger partial charge in [-0.3, -0.25) is 14.4 Å². The van der Waals surface area contributed by atoms with Crippen molar-refractivity contribution in [2.24, 2.45) is 5.92 Å². The van der Waals surface area contributed by atoms with E-state index in [1.165, 1.54) is 9.80 Å². The van der Waals surface area contributed by atoms with Crippen LogP contribution in [0.1, 0.15) is 16.8 Å². The third kappa shape index (κ3) is 5.56. The minimum absolute atomic E-state index is 0.140. The molecule has 1 heterocycles. The quantitative estimate of drug-likeness (QED) is 0.598. The zero-order valence-electron chi connectivity index (χ0n) is 19.4. The first-order valence-corrected chi connectivity index (χ1v) is 11.4. The number of para-hydroxylation sites is 1. The topological polar surface area (TPSA) is 93.5 Å². The minimum Gasteiger partial charge on any atom is -0.332 e. The van der Waals surface area contributed by atoms with Crippen LogP contribution in [-0.2, 0) is 9.59 Å². The van der Waals surface area contributed by atoms with Gasteiger partial charge >= 0.3 is 0 Å². The molecule has 0 spiro atoms. The maximum absolute atomic E-state index is 13.0. The van der Waals surface area contributed by atoms with Crippen molar-refractivity contribution in [3.63, 3.8) is 0 Å². The van der Waals surface area contributed by atoms with E-state index in [9.17, 15) is 19.6 Å². The van der Waals surface area contributed by atoms with Crippen LogP contribution in [0.3, 0.4) is 0 Å². The second-order valence-corrected chi connectivity index (χ2v) is 8.59. The van der Waals surface area contributed by atoms with Gasteiger partial charge in [0.1, 0.15) is 6.04 Å². The molecule has 2 atom stereocenters. The SMILES string of the molecule is CN(CC(=O)N1CC(C(=O)Nc2ccccc2)CC1C#N)C(=O)c1cccc(-c2ccccc2)c1. The highest BCUT2D eigenvalue weighted by Gasteiger charge is 2.39. The van der Waals surface area contributed by atoms with E-state index in [1.54, 1.807) is 31.3 Å². The Bertz CT molecular complexity index is 1250. The molecule has 35 heavy (non-hydrogen) atoms. The number of benzene rings is 3. The Morgan fingerprint density at radius 3 is 2.31 bits per heavy atom. The third-order valence-corrected chi connectivity index (χ3v) is 6.12. The number of nitrogens with zero attached hydrogens (tertiary/aromatic N) is 3. The highest BCUT2D eigenvalue weighted by molar-refractivity contribution is 5.98. The molecule has 7 heteroatoms. The molecule has 1 saturated heterocycles. The predicted octanol–water partition coefficient (Wildman–Crippen LogP) is 3.80. The van der Waals surface area contributed by atoms with Crippen molar-refractivity contribution in [1.82, 2.24) is 9.80 Å². The molecular weight excluding hydrogens is 440 g/mol. The van der Waals surface area contributed by atoms with E-state index in [2.05, 4.69) is 11.4 Å². The summed E-state index contributed by atoms with van der Waals surface area (Å²) in [5.74, 6) is -1.37. The lowest BCUT2D eigenvalue weighted by Crippen LogP contribution is -2.43. The molecule has 2 unspecified atom stereocenters. The van der Waals surface area contributed by atoms with Gasteiger partial charge in [0.25, 0.3) is 5.91 Å². The van der Waals surface area contributed by atoms with Crippen LogP contribution in [0.2, 0.25) is 0 Å². The summed E-state index contributed by atoms with van der Waals surface area (Å²) in [6.45, 7) is -0.0408. The molecule has 0 bridgehead atoms. The highest BCUT2D eigenvalue weighted by Crippen LogP contribution is 2.25. The number of carbonyl (C=O) groups is 3. The Hall–Kier alpha value is -4.44. The third-order valence-electron chi connectivity index (χ3n) is 6.12. The van der Waals surface area contributed by atoms with Gasteiger partial charge in [-0.1, -0.05) is 60.7 Å². The van der Waals surface area contributed by atoms with E-state index in [0.29, 0.717) is 11.3 Å². The molecule has 7 nitrogen and oxygen atoms in total. The zero-order valence-corrected chi connectivity index (χ0v) is 19.4. The van der Waals surface area contributed by atoms with Gasteiger partial charge in [0.15, 0.2) is 0 Å². The van der Waals surface area contributed by atoms with Gasteiger partial charge in [-0.2, -0.15) is 5.26 Å². The summed E-state index contributed by atoms with van der Waals surface area (Å²) in [6.07, 6.45) is 0.262. The van der Waals surface area contributed by atoms with E-state index in [4.69, 9.17) is 0 Å². The normalized spacial score (nSPS) is 16.9. The van der Waals surface area contributed by atoms with E-state index in [1.807, 2.05) is 60.7 Å². The van der Waals surface area contributed by atoms with Gasteiger partial charge in [-0.05, 0) is 41.8 Å². The molecular formula is C28H26N4O3. The van der Waals surface area contributed by atoms with Crippen LogP contribution in [0, 0.1) is 17.2 Å². The van der Waals surface area contributed by atoms with Gasteiger partial charge in [-0.25, -0.2) is 0 Å². The average Bonchev–Trinajstić information content (AvgIpc) is 3.34. The summed E-state index contributed by atoms with van der Waals surface area (Å²) < 4.78 is 0. The number of anilines is 1. The molecule has 0 aromatic heterocycles. The van der Waals surface area contributed by atoms with Crippen LogP contribution in [0.5, 0.6) is 0 Å². The van der Waals surface area contributed by atoms with Crippen LogP contribution in [-0.4, -0.2) is 53.7 Å². The van der Waals surface area contributed by atoms with Gasteiger partial charge in [0.2, 0.25) is 11.8 Å². The van der Waals surface area contributed by atoms with Gasteiger partial charge in [-0.15, -0.1) is 0 Å². The lowest BCUT2D eigenvalue weighted by molar-refractivity contribution is -0.131. The number of nitrogens with one attached hydrogen (secondary N) is 1. The molecule has 0 saturated carbocycles. The lowest BCUT2D eigenvalue weighted by atomic mass is 10.0. The molecule has 0 aliphatic carbocycles. The molecule has 4 rings (SSSR count). The summed E-state index contributed by atoms with van der Waals surface area (Å²) in [5.41, 5.74) is 3.04. The Balaban J connectivity index is 1.40. The molecule has 3 aromatic carbocycles. The molecule has 1 aliphatic heterocycles. The van der Waals surface area contributed by atoms with E-state index in [-0.39, 0.29) is 37.2 Å². The molecule has 176 valence electrons. The summed E-state index contributed by atoms with van der Waals surface area (Å²) in [5, 5.41) is 12.4. The number of carbonyl (C=O) groups excluding carboxylic acids is 3. The van der Waals surface area contributed by atoms with Crippen molar-refractivity contribution in [2.75, 3.05) is 25.5 Å². The first kappa shape index (κ1) is 23.7. The average molecular weight is 467 g/mol. The first-order valence-electron chi connectivity index (χ1n) is 11.4. The Labute approximate surface area is 204 Å². The summed E-state index contributed by atoms with van der Waals surface area (Å²) in [4.78, 5) is 41.5. The van der Waals surface area contributed by atoms with E-state index >= 15 is 0 Å². The van der Waals surface area contributed by atoms with Gasteiger partial charge < -0.3 is 15.1 Å². The molecule has 3 aromatic rings. The second-order valence-electron chi connectivity index (χ2n) is 8.59. The fraction of sp³-hybridized carbons (Fsp3) is 0.214. The molecule has 1 aliphatic rings. The molecule has 1 fully saturated rings. The summed E-state index contributed by atoms with van der Waals surface area (Å²) in [7, 11) is 1.56. The van der Waals surface area contributed by atoms with Crippen LogP contribution in [0.15, 0.2) is 84.9 Å². The monoisotopic (exact) mass is 466 g/mol. The Kier molecular flexibility index (Phi) is 7.22. The standard InChI is InChI=1S/C28H26N4O3/c1-31(28(35)22-12-8-11-21(15-22)20-9-4-2-5-10-20)19-26(33)32-18-23(16-25(32)17-29)27(34)30-24-13-6-3-7-14-24/h2-15,23,25H,16,18-19H2,1H3,(H,30,34). The van der Waals surface area contributed by atoms with Gasteiger partial charge in [0, 0.05) is 24.8 Å². The maximum Gasteiger partial charge on any atom is 0.254 e. The van der Waals surface area contributed by atoms with Crippen molar-refractivity contribution in [3.8, 4) is 17.2 Å². The first-order chi connectivity index (χ1) is 17.0. The summed E-state index contributed by atoms with van der Waals surface area (Å²) >= 11 is 0. The van der Waals surface area contributed by atoms with E-state index in [0.717, 1.165) is 11.1 Å². The number of likely N-dealkylation sites (N-methyl/N-ethyl adjacent to an activating group) is 1. The van der Waals surface area contributed by atoms with E-state index < -0.39 is 12.0 Å². The fourth-order valence-electron chi connectivity index (χ4n) is 4.24. The number of hydrogen-bond acceptors (Lipinski definition) is 4. The van der Waals surface area contributed by atoms with Crippen LogP contribution in [0.25, 0.3) is 11.1 Å². The molecule has 3 amide bonds. The zero-order chi connectivity index (χ0) is 24.8. The van der Waals surface area contributed by atoms with Crippen molar-refractivity contribution < 1.29 is 14.4 Å². The van der Waals surface area contributed by atoms with Crippen LogP contribution < -0.4 is 5.32 Å². The number of nitriles is 1. The number of hydrogen-bond donors (Lipinski definition) is 1. The van der Waals surface area contributed by atoms with Crippen molar-refractivity contribution in [2.45, 2.75) is 12.5 Å². The largest absolute Gasteiger partial charge is 0.332 e. The van der Waals surface area contributed by atoms with Crippen LogP contribution >= 0.6 is 0 Å². The Morgan fingerprint density at radius 1 is 0.971 bits per heavy atom. The van der Waals surface area contributed by atoms with Crippen molar-refractivity contribution >= 4 is 23.4 Å². The number of amides is 3. The Morgan fingerprint density at radius 2 is 1.63 bits per heavy atom. The highest BCUT2D eigenvalue weighted by atomic mass is 16.2.